The molecule has 0 spiro atoms. The molecule has 2 fully saturated rings. The molecule has 1 aromatic rings. The quantitative estimate of drug-likeness (QED) is 0.843. The van der Waals surface area contributed by atoms with Crippen molar-refractivity contribution in [3.05, 3.63) is 41.5 Å². The van der Waals surface area contributed by atoms with Crippen molar-refractivity contribution in [3.8, 4) is 0 Å². The van der Waals surface area contributed by atoms with E-state index in [1.54, 1.807) is 0 Å². The Morgan fingerprint density at radius 3 is 2.48 bits per heavy atom. The molecule has 3 rings (SSSR count). The van der Waals surface area contributed by atoms with E-state index in [0.29, 0.717) is 11.5 Å². The summed E-state index contributed by atoms with van der Waals surface area (Å²) < 4.78 is 23.2. The molecule has 2 aliphatic rings. The summed E-state index contributed by atoms with van der Waals surface area (Å²) in [6.07, 6.45) is 3.06. The molecule has 0 aromatic heterocycles. The van der Waals surface area contributed by atoms with Gasteiger partial charge in [0.15, 0.2) is 9.84 Å². The Balaban J connectivity index is 1.49. The topological polar surface area (TPSA) is 40.6 Å². The molecule has 0 amide bonds. The lowest BCUT2D eigenvalue weighted by Crippen LogP contribution is -2.50. The minimum absolute atomic E-state index is 0.253. The van der Waals surface area contributed by atoms with Crippen LogP contribution in [-0.4, -0.2) is 68.5 Å². The van der Waals surface area contributed by atoms with Crippen molar-refractivity contribution in [3.63, 3.8) is 0 Å². The summed E-state index contributed by atoms with van der Waals surface area (Å²) >= 11 is 0. The van der Waals surface area contributed by atoms with Crippen LogP contribution in [0.5, 0.6) is 0 Å². The van der Waals surface area contributed by atoms with Crippen molar-refractivity contribution in [2.24, 2.45) is 0 Å². The summed E-state index contributed by atoms with van der Waals surface area (Å²) in [4.78, 5) is 4.84. The van der Waals surface area contributed by atoms with Gasteiger partial charge in [0.1, 0.15) is 0 Å². The van der Waals surface area contributed by atoms with Crippen molar-refractivity contribution in [1.82, 2.24) is 9.80 Å². The predicted molar refractivity (Wildman–Crippen MR) is 95.2 cm³/mol. The molecule has 0 aliphatic carbocycles. The first kappa shape index (κ1) is 16.7. The van der Waals surface area contributed by atoms with Gasteiger partial charge in [-0.3, -0.25) is 9.80 Å². The monoisotopic (exact) mass is 334 g/mol. The highest BCUT2D eigenvalue weighted by Crippen LogP contribution is 2.19. The molecule has 0 saturated carbocycles. The van der Waals surface area contributed by atoms with Gasteiger partial charge in [0.05, 0.1) is 11.5 Å². The van der Waals surface area contributed by atoms with Crippen LogP contribution < -0.4 is 0 Å². The van der Waals surface area contributed by atoms with Crippen LogP contribution in [0.1, 0.15) is 18.9 Å². The maximum absolute atomic E-state index is 11.6. The lowest BCUT2D eigenvalue weighted by molar-refractivity contribution is 0.111. The van der Waals surface area contributed by atoms with E-state index in [4.69, 9.17) is 0 Å². The van der Waals surface area contributed by atoms with E-state index in [1.807, 2.05) is 6.07 Å². The Kier molecular flexibility index (Phi) is 5.19. The van der Waals surface area contributed by atoms with Gasteiger partial charge in [-0.1, -0.05) is 42.0 Å². The van der Waals surface area contributed by atoms with Crippen molar-refractivity contribution < 1.29 is 8.42 Å². The van der Waals surface area contributed by atoms with Gasteiger partial charge in [0, 0.05) is 38.8 Å². The lowest BCUT2D eigenvalue weighted by atomic mass is 10.1. The third kappa shape index (κ3) is 4.66. The average Bonchev–Trinajstić information content (AvgIpc) is 2.89. The zero-order chi connectivity index (χ0) is 16.3. The number of rotatable bonds is 4. The van der Waals surface area contributed by atoms with Crippen molar-refractivity contribution in [2.45, 2.75) is 19.4 Å². The average molecular weight is 334 g/mol. The SMILES string of the molecule is C/C(=C\c1ccccc1)CN1CCN([C@H]2CCS(=O)(=O)C2)CC1. The first-order valence-electron chi connectivity index (χ1n) is 8.41. The zero-order valence-corrected chi connectivity index (χ0v) is 14.6. The van der Waals surface area contributed by atoms with Gasteiger partial charge in [-0.05, 0) is 18.9 Å². The molecule has 0 bridgehead atoms. The van der Waals surface area contributed by atoms with Gasteiger partial charge in [-0.15, -0.1) is 0 Å². The standard InChI is InChI=1S/C18H26N2O2S/c1-16(13-17-5-3-2-4-6-17)14-19-8-10-20(11-9-19)18-7-12-23(21,22)15-18/h2-6,13,18H,7-12,14-15H2,1H3/b16-13+/t18-/m0/s1. The summed E-state index contributed by atoms with van der Waals surface area (Å²) in [5.74, 6) is 0.733. The molecule has 0 unspecified atom stereocenters. The van der Waals surface area contributed by atoms with Crippen LogP contribution in [0.2, 0.25) is 0 Å². The van der Waals surface area contributed by atoms with Crippen molar-refractivity contribution >= 4 is 15.9 Å². The lowest BCUT2D eigenvalue weighted by Gasteiger charge is -2.37. The first-order chi connectivity index (χ1) is 11.0. The number of nitrogens with zero attached hydrogens (tertiary/aromatic N) is 2. The largest absolute Gasteiger partial charge is 0.297 e. The molecule has 2 heterocycles. The molecule has 5 heteroatoms. The van der Waals surface area contributed by atoms with E-state index in [-0.39, 0.29) is 6.04 Å². The van der Waals surface area contributed by atoms with E-state index < -0.39 is 9.84 Å². The number of sulfone groups is 1. The maximum Gasteiger partial charge on any atom is 0.151 e. The second-order valence-corrected chi connectivity index (χ2v) is 9.00. The minimum Gasteiger partial charge on any atom is -0.297 e. The van der Waals surface area contributed by atoms with E-state index >= 15 is 0 Å². The van der Waals surface area contributed by atoms with Gasteiger partial charge >= 0.3 is 0 Å². The molecule has 4 nitrogen and oxygen atoms in total. The van der Waals surface area contributed by atoms with Crippen LogP contribution in [-0.2, 0) is 9.84 Å². The highest BCUT2D eigenvalue weighted by molar-refractivity contribution is 7.91. The highest BCUT2D eigenvalue weighted by Gasteiger charge is 2.33. The predicted octanol–water partition coefficient (Wildman–Crippen LogP) is 1.89. The molecule has 1 aromatic carbocycles. The number of hydrogen-bond acceptors (Lipinski definition) is 4. The fourth-order valence-corrected chi connectivity index (χ4v) is 5.34. The number of piperazine rings is 1. The molecule has 0 N–H and O–H groups in total. The molecular weight excluding hydrogens is 308 g/mol. The van der Waals surface area contributed by atoms with Crippen LogP contribution in [0.4, 0.5) is 0 Å². The molecule has 23 heavy (non-hydrogen) atoms. The Bertz CT molecular complexity index is 647. The smallest absolute Gasteiger partial charge is 0.151 e. The molecule has 1 atom stereocenters. The summed E-state index contributed by atoms with van der Waals surface area (Å²) in [6, 6.07) is 10.7. The fraction of sp³-hybridized carbons (Fsp3) is 0.556. The molecule has 2 saturated heterocycles. The summed E-state index contributed by atoms with van der Waals surface area (Å²) in [5.41, 5.74) is 2.62. The van der Waals surface area contributed by atoms with E-state index in [9.17, 15) is 8.42 Å². The van der Waals surface area contributed by atoms with Crippen LogP contribution in [0.3, 0.4) is 0 Å². The van der Waals surface area contributed by atoms with E-state index in [0.717, 1.165) is 39.1 Å². The van der Waals surface area contributed by atoms with E-state index in [2.05, 4.69) is 47.1 Å². The van der Waals surface area contributed by atoms with Crippen molar-refractivity contribution in [1.29, 1.82) is 0 Å². The normalized spacial score (nSPS) is 26.5. The zero-order valence-electron chi connectivity index (χ0n) is 13.8. The maximum atomic E-state index is 11.6. The summed E-state index contributed by atoms with van der Waals surface area (Å²) in [7, 11) is -2.78. The Morgan fingerprint density at radius 2 is 1.87 bits per heavy atom. The Morgan fingerprint density at radius 1 is 1.17 bits per heavy atom. The minimum atomic E-state index is -2.78. The summed E-state index contributed by atoms with van der Waals surface area (Å²) in [5, 5.41) is 0. The molecule has 126 valence electrons. The highest BCUT2D eigenvalue weighted by atomic mass is 32.2. The third-order valence-electron chi connectivity index (χ3n) is 4.82. The molecule has 2 aliphatic heterocycles. The summed E-state index contributed by atoms with van der Waals surface area (Å²) in [6.45, 7) is 7.19. The van der Waals surface area contributed by atoms with E-state index in [1.165, 1.54) is 11.1 Å². The van der Waals surface area contributed by atoms with Crippen LogP contribution in [0, 0.1) is 0 Å². The van der Waals surface area contributed by atoms with Gasteiger partial charge in [0.25, 0.3) is 0 Å². The van der Waals surface area contributed by atoms with Crippen LogP contribution >= 0.6 is 0 Å². The van der Waals surface area contributed by atoms with Gasteiger partial charge < -0.3 is 0 Å². The number of hydrogen-bond donors (Lipinski definition) is 0. The Hall–Kier alpha value is -1.17. The van der Waals surface area contributed by atoms with Gasteiger partial charge in [-0.25, -0.2) is 8.42 Å². The molecule has 0 radical (unpaired) electrons. The Labute approximate surface area is 139 Å². The van der Waals surface area contributed by atoms with Crippen LogP contribution in [0.15, 0.2) is 35.9 Å². The van der Waals surface area contributed by atoms with Gasteiger partial charge in [-0.2, -0.15) is 0 Å². The fourth-order valence-electron chi connectivity index (χ4n) is 3.58. The van der Waals surface area contributed by atoms with Crippen LogP contribution in [0.25, 0.3) is 6.08 Å². The second-order valence-electron chi connectivity index (χ2n) is 6.77. The van der Waals surface area contributed by atoms with Gasteiger partial charge in [0.2, 0.25) is 0 Å². The third-order valence-corrected chi connectivity index (χ3v) is 6.57. The first-order valence-corrected chi connectivity index (χ1v) is 10.2. The number of benzene rings is 1. The molecular formula is C18H26N2O2S. The van der Waals surface area contributed by atoms with Crippen molar-refractivity contribution in [2.75, 3.05) is 44.2 Å². The second kappa shape index (κ2) is 7.16.